The van der Waals surface area contributed by atoms with Crippen molar-refractivity contribution in [3.63, 3.8) is 0 Å². The van der Waals surface area contributed by atoms with Gasteiger partial charge in [0.2, 0.25) is 11.8 Å². The zero-order valence-electron chi connectivity index (χ0n) is 16.0. The molecule has 0 saturated carbocycles. The second kappa shape index (κ2) is 6.63. The summed E-state index contributed by atoms with van der Waals surface area (Å²) in [5, 5.41) is 13.0. The van der Waals surface area contributed by atoms with Crippen LogP contribution in [0.5, 0.6) is 0 Å². The Labute approximate surface area is 184 Å². The number of hydrogen-bond donors (Lipinski definition) is 2. The molecule has 1 unspecified atom stereocenters. The van der Waals surface area contributed by atoms with E-state index in [0.29, 0.717) is 26.7 Å². The maximum atomic E-state index is 14.2. The lowest BCUT2D eigenvalue weighted by Crippen LogP contribution is -2.45. The monoisotopic (exact) mass is 456 g/mol. The molecule has 9 heteroatoms. The number of benzene rings is 2. The molecule has 1 spiro atoms. The minimum atomic E-state index is -1.50. The van der Waals surface area contributed by atoms with E-state index in [1.807, 2.05) is 0 Å². The van der Waals surface area contributed by atoms with E-state index in [0.717, 1.165) is 11.3 Å². The molecule has 0 aliphatic carbocycles. The van der Waals surface area contributed by atoms with Crippen molar-refractivity contribution >= 4 is 52.1 Å². The number of amides is 2. The molecule has 3 aromatic rings. The van der Waals surface area contributed by atoms with Gasteiger partial charge in [-0.3, -0.25) is 9.59 Å². The minimum absolute atomic E-state index is 0.0556. The number of carbonyl (C=O) groups excluding carboxylic acids is 2. The van der Waals surface area contributed by atoms with Crippen molar-refractivity contribution < 1.29 is 23.9 Å². The summed E-state index contributed by atoms with van der Waals surface area (Å²) in [7, 11) is 1.56. The Morgan fingerprint density at radius 1 is 1.26 bits per heavy atom. The topological polar surface area (TPSA) is 86.7 Å². The standard InChI is InChI=1S/C22H14ClFN2O4S/c1-26-14-7-6-10(24)8-12(14)22(21(26)30)9-15(27)25-17-16(11-4-2-3-5-13(11)23)18(20(28)29)31-19(17)22/h2-8H,9H2,1H3,(H,25,27)(H,28,29). The van der Waals surface area contributed by atoms with Gasteiger partial charge in [-0.2, -0.15) is 0 Å². The van der Waals surface area contributed by atoms with Crippen molar-refractivity contribution in [1.29, 1.82) is 0 Å². The molecule has 2 aliphatic heterocycles. The molecule has 0 saturated heterocycles. The number of nitrogens with zero attached hydrogens (tertiary/aromatic N) is 1. The fourth-order valence-electron chi connectivity index (χ4n) is 4.47. The van der Waals surface area contributed by atoms with Crippen molar-refractivity contribution in [2.75, 3.05) is 17.3 Å². The fourth-order valence-corrected chi connectivity index (χ4v) is 6.01. The molecule has 6 nitrogen and oxygen atoms in total. The molecule has 5 rings (SSSR count). The molecule has 3 heterocycles. The maximum absolute atomic E-state index is 14.2. The lowest BCUT2D eigenvalue weighted by atomic mass is 9.74. The van der Waals surface area contributed by atoms with Crippen LogP contribution in [-0.4, -0.2) is 29.9 Å². The molecule has 1 atom stereocenters. The van der Waals surface area contributed by atoms with E-state index in [-0.39, 0.29) is 22.5 Å². The van der Waals surface area contributed by atoms with E-state index < -0.39 is 29.0 Å². The number of aromatic carboxylic acids is 1. The Morgan fingerprint density at radius 2 is 2.00 bits per heavy atom. The van der Waals surface area contributed by atoms with Gasteiger partial charge < -0.3 is 15.3 Å². The largest absolute Gasteiger partial charge is 0.477 e. The second-order valence-corrected chi connectivity index (χ2v) is 8.88. The zero-order valence-corrected chi connectivity index (χ0v) is 17.6. The van der Waals surface area contributed by atoms with Crippen molar-refractivity contribution in [2.45, 2.75) is 11.8 Å². The summed E-state index contributed by atoms with van der Waals surface area (Å²) < 4.78 is 14.2. The number of thiophene rings is 1. The van der Waals surface area contributed by atoms with Crippen molar-refractivity contribution in [1.82, 2.24) is 0 Å². The van der Waals surface area contributed by atoms with Crippen LogP contribution < -0.4 is 10.2 Å². The minimum Gasteiger partial charge on any atom is -0.477 e. The predicted octanol–water partition coefficient (Wildman–Crippen LogP) is 4.51. The summed E-state index contributed by atoms with van der Waals surface area (Å²) in [6.07, 6.45) is -0.249. The number of hydrogen-bond acceptors (Lipinski definition) is 4. The van der Waals surface area contributed by atoms with Crippen molar-refractivity contribution in [2.24, 2.45) is 0 Å². The normalized spacial score (nSPS) is 19.4. The number of halogens is 2. The van der Waals surface area contributed by atoms with Crippen LogP contribution in [0.4, 0.5) is 15.8 Å². The molecule has 0 radical (unpaired) electrons. The first-order chi connectivity index (χ1) is 14.8. The molecule has 0 bridgehead atoms. The van der Waals surface area contributed by atoms with E-state index in [9.17, 15) is 23.9 Å². The molecule has 31 heavy (non-hydrogen) atoms. The molecule has 2 amide bonds. The molecule has 0 fully saturated rings. The number of rotatable bonds is 2. The van der Waals surface area contributed by atoms with E-state index >= 15 is 0 Å². The van der Waals surface area contributed by atoms with Crippen LogP contribution in [-0.2, 0) is 15.0 Å². The fraction of sp³-hybridized carbons (Fsp3) is 0.136. The number of carboxylic acid groups (broad SMARTS) is 1. The van der Waals surface area contributed by atoms with E-state index in [1.54, 1.807) is 31.3 Å². The van der Waals surface area contributed by atoms with Gasteiger partial charge in [0, 0.05) is 34.4 Å². The third-order valence-corrected chi connectivity index (χ3v) is 7.44. The molecule has 156 valence electrons. The van der Waals surface area contributed by atoms with Crippen molar-refractivity contribution in [3.8, 4) is 11.1 Å². The first-order valence-corrected chi connectivity index (χ1v) is 10.5. The van der Waals surface area contributed by atoms with E-state index in [4.69, 9.17) is 11.6 Å². The summed E-state index contributed by atoms with van der Waals surface area (Å²) in [6.45, 7) is 0. The van der Waals surface area contributed by atoms with Gasteiger partial charge in [0.15, 0.2) is 0 Å². The number of anilines is 2. The maximum Gasteiger partial charge on any atom is 0.346 e. The molecular formula is C22H14ClFN2O4S. The van der Waals surface area contributed by atoms with Gasteiger partial charge in [0.1, 0.15) is 16.1 Å². The number of likely N-dealkylation sites (N-methyl/N-ethyl adjacent to an activating group) is 1. The van der Waals surface area contributed by atoms with E-state index in [1.165, 1.54) is 23.1 Å². The Kier molecular flexibility index (Phi) is 4.22. The predicted molar refractivity (Wildman–Crippen MR) is 116 cm³/mol. The van der Waals surface area contributed by atoms with Crippen LogP contribution >= 0.6 is 22.9 Å². The quantitative estimate of drug-likeness (QED) is 0.594. The van der Waals surface area contributed by atoms with Crippen LogP contribution in [0.25, 0.3) is 11.1 Å². The lowest BCUT2D eigenvalue weighted by molar-refractivity contribution is -0.126. The summed E-state index contributed by atoms with van der Waals surface area (Å²) >= 11 is 7.25. The van der Waals surface area contributed by atoms with Gasteiger partial charge in [0.25, 0.3) is 0 Å². The molecular weight excluding hydrogens is 443 g/mol. The van der Waals surface area contributed by atoms with Gasteiger partial charge in [-0.15, -0.1) is 11.3 Å². The smallest absolute Gasteiger partial charge is 0.346 e. The van der Waals surface area contributed by atoms with Crippen LogP contribution in [0.15, 0.2) is 42.5 Å². The van der Waals surface area contributed by atoms with Gasteiger partial charge >= 0.3 is 5.97 Å². The van der Waals surface area contributed by atoms with Gasteiger partial charge in [0.05, 0.1) is 17.0 Å². The highest BCUT2D eigenvalue weighted by Crippen LogP contribution is 2.57. The van der Waals surface area contributed by atoms with Gasteiger partial charge in [-0.1, -0.05) is 29.8 Å². The second-order valence-electron chi connectivity index (χ2n) is 7.45. The average molecular weight is 457 g/mol. The van der Waals surface area contributed by atoms with Crippen LogP contribution in [0.2, 0.25) is 5.02 Å². The lowest BCUT2D eigenvalue weighted by Gasteiger charge is -2.32. The van der Waals surface area contributed by atoms with Crippen LogP contribution in [0.1, 0.15) is 26.5 Å². The first kappa shape index (κ1) is 19.7. The van der Waals surface area contributed by atoms with Crippen molar-refractivity contribution in [3.05, 3.63) is 68.6 Å². The van der Waals surface area contributed by atoms with Crippen LogP contribution in [0, 0.1) is 5.82 Å². The third kappa shape index (κ3) is 2.58. The number of nitrogens with one attached hydrogen (secondary N) is 1. The van der Waals surface area contributed by atoms with E-state index in [2.05, 4.69) is 5.32 Å². The third-order valence-electron chi connectivity index (χ3n) is 5.77. The summed E-state index contributed by atoms with van der Waals surface area (Å²) in [5.41, 5.74) is 0.223. The number of carbonyl (C=O) groups is 3. The highest BCUT2D eigenvalue weighted by molar-refractivity contribution is 7.15. The Bertz CT molecular complexity index is 1320. The summed E-state index contributed by atoms with van der Waals surface area (Å²) in [4.78, 5) is 40.2. The average Bonchev–Trinajstić information content (AvgIpc) is 3.20. The molecule has 2 aliphatic rings. The van der Waals surface area contributed by atoms with Crippen LogP contribution in [0.3, 0.4) is 0 Å². The number of carboxylic acids is 1. The number of fused-ring (bicyclic) bond motifs is 4. The highest BCUT2D eigenvalue weighted by atomic mass is 35.5. The summed E-state index contributed by atoms with van der Waals surface area (Å²) in [6, 6.07) is 10.7. The first-order valence-electron chi connectivity index (χ1n) is 9.29. The SMILES string of the molecule is CN1C(=O)C2(CC(=O)Nc3c2sc(C(=O)O)c3-c2ccccc2Cl)c2cc(F)ccc21. The molecule has 2 N–H and O–H groups in total. The Balaban J connectivity index is 1.89. The molecule has 1 aromatic heterocycles. The Hall–Kier alpha value is -3.23. The van der Waals surface area contributed by atoms with Gasteiger partial charge in [-0.25, -0.2) is 9.18 Å². The van der Waals surface area contributed by atoms with Gasteiger partial charge in [-0.05, 0) is 24.3 Å². The Morgan fingerprint density at radius 3 is 2.71 bits per heavy atom. The molecule has 2 aromatic carbocycles. The summed E-state index contributed by atoms with van der Waals surface area (Å²) in [5.74, 6) is -2.63. The zero-order chi connectivity index (χ0) is 22.1. The highest BCUT2D eigenvalue weighted by Gasteiger charge is 2.57.